The molecule has 0 radical (unpaired) electrons. The van der Waals surface area contributed by atoms with E-state index in [9.17, 15) is 22.8 Å². The third kappa shape index (κ3) is 5.11. The van der Waals surface area contributed by atoms with Crippen LogP contribution >= 0.6 is 0 Å². The Hall–Kier alpha value is -3.62. The van der Waals surface area contributed by atoms with Crippen LogP contribution in [-0.2, 0) is 11.0 Å². The standard InChI is InChI=1S/C22H21F3N4O2/c1-13-7-9-18(10-8-13)29-20(22(23,24)25)19(12-26-29)21(31)27-14(2)16-5-4-6-17(11-16)28-15(3)30/h4-12,14H,1-3H3,(H,27,31)(H,28,30). The molecule has 2 N–H and O–H groups in total. The van der Waals surface area contributed by atoms with Crippen molar-refractivity contribution in [1.82, 2.24) is 15.1 Å². The van der Waals surface area contributed by atoms with Crippen molar-refractivity contribution >= 4 is 17.5 Å². The molecule has 1 aromatic heterocycles. The summed E-state index contributed by atoms with van der Waals surface area (Å²) in [5.41, 5.74) is 0.519. The van der Waals surface area contributed by atoms with Gasteiger partial charge in [0.25, 0.3) is 5.91 Å². The summed E-state index contributed by atoms with van der Waals surface area (Å²) >= 11 is 0. The first kappa shape index (κ1) is 22.1. The predicted molar refractivity (Wildman–Crippen MR) is 110 cm³/mol. The van der Waals surface area contributed by atoms with Gasteiger partial charge in [0.2, 0.25) is 5.91 Å². The van der Waals surface area contributed by atoms with Crippen LogP contribution in [-0.4, -0.2) is 21.6 Å². The van der Waals surface area contributed by atoms with Crippen LogP contribution in [0.4, 0.5) is 18.9 Å². The van der Waals surface area contributed by atoms with Gasteiger partial charge in [-0.2, -0.15) is 18.3 Å². The van der Waals surface area contributed by atoms with E-state index in [1.807, 2.05) is 6.92 Å². The highest BCUT2D eigenvalue weighted by atomic mass is 19.4. The van der Waals surface area contributed by atoms with Crippen LogP contribution in [0.3, 0.4) is 0 Å². The van der Waals surface area contributed by atoms with Gasteiger partial charge in [-0.3, -0.25) is 9.59 Å². The fourth-order valence-corrected chi connectivity index (χ4v) is 3.12. The molecule has 3 rings (SSSR count). The summed E-state index contributed by atoms with van der Waals surface area (Å²) in [7, 11) is 0. The zero-order chi connectivity index (χ0) is 22.8. The minimum absolute atomic E-state index is 0.202. The summed E-state index contributed by atoms with van der Waals surface area (Å²) < 4.78 is 42.2. The summed E-state index contributed by atoms with van der Waals surface area (Å²) in [6.45, 7) is 4.82. The molecule has 9 heteroatoms. The number of nitrogens with one attached hydrogen (secondary N) is 2. The van der Waals surface area contributed by atoms with Crippen molar-refractivity contribution in [3.63, 3.8) is 0 Å². The van der Waals surface area contributed by atoms with E-state index < -0.39 is 29.4 Å². The van der Waals surface area contributed by atoms with Gasteiger partial charge >= 0.3 is 6.18 Å². The van der Waals surface area contributed by atoms with E-state index in [2.05, 4.69) is 15.7 Å². The van der Waals surface area contributed by atoms with Gasteiger partial charge in [-0.25, -0.2) is 4.68 Å². The largest absolute Gasteiger partial charge is 0.434 e. The maximum absolute atomic E-state index is 13.8. The Balaban J connectivity index is 1.90. The maximum atomic E-state index is 13.8. The molecular weight excluding hydrogens is 409 g/mol. The average molecular weight is 430 g/mol. The van der Waals surface area contributed by atoms with Gasteiger partial charge in [0.1, 0.15) is 0 Å². The highest BCUT2D eigenvalue weighted by Gasteiger charge is 2.40. The number of aryl methyl sites for hydroxylation is 1. The minimum atomic E-state index is -4.79. The number of anilines is 1. The number of nitrogens with zero attached hydrogens (tertiary/aromatic N) is 2. The Kier molecular flexibility index (Phi) is 6.14. The lowest BCUT2D eigenvalue weighted by Crippen LogP contribution is -2.29. The molecule has 0 saturated heterocycles. The number of amides is 2. The van der Waals surface area contributed by atoms with Crippen LogP contribution in [0.15, 0.2) is 54.7 Å². The molecule has 1 unspecified atom stereocenters. The van der Waals surface area contributed by atoms with Gasteiger partial charge in [0, 0.05) is 12.6 Å². The normalized spacial score (nSPS) is 12.3. The first-order chi connectivity index (χ1) is 14.6. The summed E-state index contributed by atoms with van der Waals surface area (Å²) in [5.74, 6) is -1.16. The summed E-state index contributed by atoms with van der Waals surface area (Å²) in [6.07, 6.45) is -3.87. The zero-order valence-electron chi connectivity index (χ0n) is 17.1. The van der Waals surface area contributed by atoms with Crippen LogP contribution in [0, 0.1) is 6.92 Å². The van der Waals surface area contributed by atoms with E-state index in [0.717, 1.165) is 16.4 Å². The Morgan fingerprint density at radius 2 is 1.77 bits per heavy atom. The van der Waals surface area contributed by atoms with Gasteiger partial charge in [0.15, 0.2) is 5.69 Å². The Morgan fingerprint density at radius 3 is 2.39 bits per heavy atom. The number of carbonyl (C=O) groups is 2. The summed E-state index contributed by atoms with van der Waals surface area (Å²) in [4.78, 5) is 24.0. The second kappa shape index (κ2) is 8.63. The lowest BCUT2D eigenvalue weighted by atomic mass is 10.1. The number of aromatic nitrogens is 2. The van der Waals surface area contributed by atoms with Gasteiger partial charge in [-0.15, -0.1) is 0 Å². The van der Waals surface area contributed by atoms with Crippen molar-refractivity contribution in [2.24, 2.45) is 0 Å². The molecule has 162 valence electrons. The number of alkyl halides is 3. The van der Waals surface area contributed by atoms with Crippen LogP contribution in [0.2, 0.25) is 0 Å². The topological polar surface area (TPSA) is 76.0 Å². The molecule has 0 fully saturated rings. The Morgan fingerprint density at radius 1 is 1.10 bits per heavy atom. The van der Waals surface area contributed by atoms with Crippen LogP contribution in [0.25, 0.3) is 5.69 Å². The van der Waals surface area contributed by atoms with Crippen molar-refractivity contribution < 1.29 is 22.8 Å². The summed E-state index contributed by atoms with van der Waals surface area (Å²) in [5, 5.41) is 9.02. The molecule has 31 heavy (non-hydrogen) atoms. The third-order valence-corrected chi connectivity index (χ3v) is 4.62. The first-order valence-electron chi connectivity index (χ1n) is 9.47. The molecule has 0 aliphatic rings. The van der Waals surface area contributed by atoms with Gasteiger partial charge in [0.05, 0.1) is 23.5 Å². The van der Waals surface area contributed by atoms with Crippen molar-refractivity contribution in [2.75, 3.05) is 5.32 Å². The van der Waals surface area contributed by atoms with E-state index in [-0.39, 0.29) is 11.6 Å². The quantitative estimate of drug-likeness (QED) is 0.619. The molecule has 1 atom stereocenters. The van der Waals surface area contributed by atoms with E-state index in [1.54, 1.807) is 43.3 Å². The van der Waals surface area contributed by atoms with Crippen LogP contribution in [0.1, 0.15) is 47.1 Å². The minimum Gasteiger partial charge on any atom is -0.345 e. The monoisotopic (exact) mass is 430 g/mol. The fourth-order valence-electron chi connectivity index (χ4n) is 3.12. The summed E-state index contributed by atoms with van der Waals surface area (Å²) in [6, 6.07) is 12.5. The highest BCUT2D eigenvalue weighted by molar-refractivity contribution is 5.95. The molecule has 0 saturated carbocycles. The molecule has 0 spiro atoms. The molecule has 0 aliphatic heterocycles. The van der Waals surface area contributed by atoms with Crippen molar-refractivity contribution in [3.05, 3.63) is 77.1 Å². The Labute approximate surface area is 177 Å². The average Bonchev–Trinajstić information content (AvgIpc) is 3.14. The highest BCUT2D eigenvalue weighted by Crippen LogP contribution is 2.34. The van der Waals surface area contributed by atoms with Crippen molar-refractivity contribution in [2.45, 2.75) is 33.0 Å². The predicted octanol–water partition coefficient (Wildman–Crippen LogP) is 4.65. The number of benzene rings is 2. The molecule has 0 bridgehead atoms. The molecule has 2 amide bonds. The van der Waals surface area contributed by atoms with Gasteiger partial charge < -0.3 is 10.6 Å². The van der Waals surface area contributed by atoms with Crippen molar-refractivity contribution in [3.8, 4) is 5.69 Å². The molecule has 1 heterocycles. The fraction of sp³-hybridized carbons (Fsp3) is 0.227. The SMILES string of the molecule is CC(=O)Nc1cccc(C(C)NC(=O)c2cnn(-c3ccc(C)cc3)c2C(F)(F)F)c1. The van der Waals surface area contributed by atoms with E-state index in [1.165, 1.54) is 19.1 Å². The second-order valence-electron chi connectivity index (χ2n) is 7.15. The van der Waals surface area contributed by atoms with Gasteiger partial charge in [-0.1, -0.05) is 29.8 Å². The zero-order valence-corrected chi connectivity index (χ0v) is 17.1. The first-order valence-corrected chi connectivity index (χ1v) is 9.47. The molecule has 6 nitrogen and oxygen atoms in total. The lowest BCUT2D eigenvalue weighted by Gasteiger charge is -2.17. The van der Waals surface area contributed by atoms with E-state index in [0.29, 0.717) is 11.3 Å². The lowest BCUT2D eigenvalue weighted by molar-refractivity contribution is -0.143. The molecular formula is C22H21F3N4O2. The van der Waals surface area contributed by atoms with Crippen LogP contribution in [0.5, 0.6) is 0 Å². The van der Waals surface area contributed by atoms with Crippen LogP contribution < -0.4 is 10.6 Å². The third-order valence-electron chi connectivity index (χ3n) is 4.62. The van der Waals surface area contributed by atoms with Gasteiger partial charge in [-0.05, 0) is 43.7 Å². The van der Waals surface area contributed by atoms with Crippen molar-refractivity contribution in [1.29, 1.82) is 0 Å². The number of hydrogen-bond donors (Lipinski definition) is 2. The molecule has 0 aliphatic carbocycles. The second-order valence-corrected chi connectivity index (χ2v) is 7.15. The van der Waals surface area contributed by atoms with E-state index in [4.69, 9.17) is 0 Å². The number of carbonyl (C=O) groups excluding carboxylic acids is 2. The smallest absolute Gasteiger partial charge is 0.345 e. The number of halogens is 3. The molecule has 2 aromatic carbocycles. The molecule has 3 aromatic rings. The number of hydrogen-bond acceptors (Lipinski definition) is 3. The Bertz CT molecular complexity index is 1100. The van der Waals surface area contributed by atoms with E-state index >= 15 is 0 Å². The maximum Gasteiger partial charge on any atom is 0.434 e. The number of rotatable bonds is 5.